The molecule has 1 aromatic carbocycles. The van der Waals surface area contributed by atoms with Gasteiger partial charge in [-0.15, -0.1) is 0 Å². The molecule has 0 saturated heterocycles. The molecule has 6 nitrogen and oxygen atoms in total. The summed E-state index contributed by atoms with van der Waals surface area (Å²) < 4.78 is 15.9. The summed E-state index contributed by atoms with van der Waals surface area (Å²) in [5.41, 5.74) is 0.624. The Labute approximate surface area is 137 Å². The van der Waals surface area contributed by atoms with E-state index in [9.17, 15) is 4.79 Å². The van der Waals surface area contributed by atoms with Crippen molar-refractivity contribution in [2.45, 2.75) is 52.3 Å². The van der Waals surface area contributed by atoms with Crippen LogP contribution in [-0.4, -0.2) is 31.1 Å². The quantitative estimate of drug-likeness (QED) is 0.872. The molecular weight excluding hydrogens is 296 g/mol. The van der Waals surface area contributed by atoms with Crippen molar-refractivity contribution in [3.8, 4) is 11.5 Å². The van der Waals surface area contributed by atoms with E-state index in [1.807, 2.05) is 45.9 Å². The summed E-state index contributed by atoms with van der Waals surface area (Å²) in [5.74, 6) is 1.55. The SMILES string of the molecule is CC(CNC(=O)OC(C)(C)C)NC(C)c1ccc2c(c1)OCO2. The maximum Gasteiger partial charge on any atom is 0.407 e. The van der Waals surface area contributed by atoms with Crippen LogP contribution in [0.2, 0.25) is 0 Å². The number of hydrogen-bond donors (Lipinski definition) is 2. The lowest BCUT2D eigenvalue weighted by molar-refractivity contribution is 0.0522. The van der Waals surface area contributed by atoms with Gasteiger partial charge < -0.3 is 24.8 Å². The first-order chi connectivity index (χ1) is 10.7. The minimum atomic E-state index is -0.486. The van der Waals surface area contributed by atoms with E-state index in [0.717, 1.165) is 17.1 Å². The lowest BCUT2D eigenvalue weighted by atomic mass is 10.1. The van der Waals surface area contributed by atoms with Crippen molar-refractivity contribution in [2.75, 3.05) is 13.3 Å². The number of alkyl carbamates (subject to hydrolysis) is 1. The van der Waals surface area contributed by atoms with Gasteiger partial charge in [-0.1, -0.05) is 6.07 Å². The highest BCUT2D eigenvalue weighted by Gasteiger charge is 2.18. The van der Waals surface area contributed by atoms with E-state index in [4.69, 9.17) is 14.2 Å². The summed E-state index contributed by atoms with van der Waals surface area (Å²) in [6.07, 6.45) is -0.401. The predicted octanol–water partition coefficient (Wildman–Crippen LogP) is 2.98. The summed E-state index contributed by atoms with van der Waals surface area (Å²) in [6.45, 7) is 10.4. The van der Waals surface area contributed by atoms with E-state index in [-0.39, 0.29) is 18.9 Å². The molecule has 6 heteroatoms. The number of benzene rings is 1. The molecule has 0 saturated carbocycles. The van der Waals surface area contributed by atoms with Crippen LogP contribution in [0.4, 0.5) is 4.79 Å². The fourth-order valence-corrected chi connectivity index (χ4v) is 2.31. The molecule has 0 spiro atoms. The molecule has 1 amide bonds. The fourth-order valence-electron chi connectivity index (χ4n) is 2.31. The summed E-state index contributed by atoms with van der Waals surface area (Å²) in [7, 11) is 0. The summed E-state index contributed by atoms with van der Waals surface area (Å²) in [5, 5.41) is 6.21. The van der Waals surface area contributed by atoms with E-state index in [1.54, 1.807) is 0 Å². The van der Waals surface area contributed by atoms with Crippen LogP contribution in [0.15, 0.2) is 18.2 Å². The molecule has 1 heterocycles. The van der Waals surface area contributed by atoms with Crippen LogP contribution in [0.1, 0.15) is 46.2 Å². The molecule has 0 fully saturated rings. The van der Waals surface area contributed by atoms with Crippen molar-refractivity contribution in [1.29, 1.82) is 0 Å². The highest BCUT2D eigenvalue weighted by atomic mass is 16.7. The van der Waals surface area contributed by atoms with Crippen LogP contribution in [0.3, 0.4) is 0 Å². The highest BCUT2D eigenvalue weighted by Crippen LogP contribution is 2.34. The molecule has 128 valence electrons. The number of hydrogen-bond acceptors (Lipinski definition) is 5. The Hall–Kier alpha value is -1.95. The average molecular weight is 322 g/mol. The Kier molecular flexibility index (Phi) is 5.36. The van der Waals surface area contributed by atoms with Crippen molar-refractivity contribution >= 4 is 6.09 Å². The maximum atomic E-state index is 11.7. The Bertz CT molecular complexity index is 554. The van der Waals surface area contributed by atoms with E-state index in [1.165, 1.54) is 0 Å². The van der Waals surface area contributed by atoms with Crippen molar-refractivity contribution in [3.63, 3.8) is 0 Å². The Morgan fingerprint density at radius 2 is 1.96 bits per heavy atom. The number of rotatable bonds is 5. The third-order valence-electron chi connectivity index (χ3n) is 3.38. The Morgan fingerprint density at radius 3 is 2.65 bits per heavy atom. The van der Waals surface area contributed by atoms with Crippen molar-refractivity contribution < 1.29 is 19.0 Å². The van der Waals surface area contributed by atoms with Gasteiger partial charge in [0.1, 0.15) is 5.60 Å². The van der Waals surface area contributed by atoms with Gasteiger partial charge in [-0.25, -0.2) is 4.79 Å². The van der Waals surface area contributed by atoms with Crippen LogP contribution in [0, 0.1) is 0 Å². The Balaban J connectivity index is 1.80. The molecule has 2 atom stereocenters. The summed E-state index contributed by atoms with van der Waals surface area (Å²) >= 11 is 0. The maximum absolute atomic E-state index is 11.7. The molecule has 1 aliphatic rings. The number of fused-ring (bicyclic) bond motifs is 1. The van der Waals surface area contributed by atoms with Gasteiger partial charge in [-0.2, -0.15) is 0 Å². The second-order valence-corrected chi connectivity index (χ2v) is 6.78. The van der Waals surface area contributed by atoms with Crippen molar-refractivity contribution in [2.24, 2.45) is 0 Å². The van der Waals surface area contributed by atoms with Gasteiger partial charge in [0, 0.05) is 18.6 Å². The molecule has 2 rings (SSSR count). The van der Waals surface area contributed by atoms with E-state index < -0.39 is 11.7 Å². The molecule has 0 aliphatic carbocycles. The first-order valence-corrected chi connectivity index (χ1v) is 7.87. The number of ether oxygens (including phenoxy) is 3. The zero-order chi connectivity index (χ0) is 17.0. The monoisotopic (exact) mass is 322 g/mol. The molecule has 1 aromatic rings. The average Bonchev–Trinajstić information content (AvgIpc) is 2.90. The zero-order valence-electron chi connectivity index (χ0n) is 14.4. The molecule has 0 radical (unpaired) electrons. The van der Waals surface area contributed by atoms with Gasteiger partial charge in [0.05, 0.1) is 0 Å². The molecular formula is C17H26N2O4. The van der Waals surface area contributed by atoms with Crippen LogP contribution < -0.4 is 20.1 Å². The van der Waals surface area contributed by atoms with E-state index in [2.05, 4.69) is 17.6 Å². The summed E-state index contributed by atoms with van der Waals surface area (Å²) in [4.78, 5) is 11.7. The predicted molar refractivity (Wildman–Crippen MR) is 87.8 cm³/mol. The van der Waals surface area contributed by atoms with E-state index in [0.29, 0.717) is 6.54 Å². The number of carbonyl (C=O) groups is 1. The molecule has 0 aromatic heterocycles. The zero-order valence-corrected chi connectivity index (χ0v) is 14.4. The lowest BCUT2D eigenvalue weighted by Crippen LogP contribution is -2.41. The second-order valence-electron chi connectivity index (χ2n) is 6.78. The number of nitrogens with one attached hydrogen (secondary N) is 2. The molecule has 2 unspecified atom stereocenters. The normalized spacial score (nSPS) is 15.9. The molecule has 0 bridgehead atoms. The van der Waals surface area contributed by atoms with Gasteiger partial charge in [0.15, 0.2) is 11.5 Å². The lowest BCUT2D eigenvalue weighted by Gasteiger charge is -2.23. The Morgan fingerprint density at radius 1 is 1.26 bits per heavy atom. The van der Waals surface area contributed by atoms with E-state index >= 15 is 0 Å². The largest absolute Gasteiger partial charge is 0.454 e. The van der Waals surface area contributed by atoms with Gasteiger partial charge in [-0.3, -0.25) is 0 Å². The smallest absolute Gasteiger partial charge is 0.407 e. The van der Waals surface area contributed by atoms with Crippen LogP contribution in [0.25, 0.3) is 0 Å². The first kappa shape index (κ1) is 17.4. The third-order valence-corrected chi connectivity index (χ3v) is 3.38. The topological polar surface area (TPSA) is 68.8 Å². The summed E-state index contributed by atoms with van der Waals surface area (Å²) in [6, 6.07) is 6.13. The molecule has 1 aliphatic heterocycles. The third kappa shape index (κ3) is 5.32. The van der Waals surface area contributed by atoms with Crippen molar-refractivity contribution in [1.82, 2.24) is 10.6 Å². The van der Waals surface area contributed by atoms with Gasteiger partial charge in [0.25, 0.3) is 0 Å². The van der Waals surface area contributed by atoms with Gasteiger partial charge >= 0.3 is 6.09 Å². The first-order valence-electron chi connectivity index (χ1n) is 7.87. The van der Waals surface area contributed by atoms with Gasteiger partial charge in [-0.05, 0) is 52.3 Å². The van der Waals surface area contributed by atoms with Crippen LogP contribution in [-0.2, 0) is 4.74 Å². The van der Waals surface area contributed by atoms with Crippen molar-refractivity contribution in [3.05, 3.63) is 23.8 Å². The minimum Gasteiger partial charge on any atom is -0.454 e. The fraction of sp³-hybridized carbons (Fsp3) is 0.588. The van der Waals surface area contributed by atoms with Crippen LogP contribution >= 0.6 is 0 Å². The standard InChI is InChI=1S/C17H26N2O4/c1-11(9-18-16(20)23-17(3,4)5)19-12(2)13-6-7-14-15(8-13)22-10-21-14/h6-8,11-12,19H,9-10H2,1-5H3,(H,18,20). The minimum absolute atomic E-state index is 0.0999. The number of carbonyl (C=O) groups excluding carboxylic acids is 1. The second kappa shape index (κ2) is 7.08. The van der Waals surface area contributed by atoms with Crippen LogP contribution in [0.5, 0.6) is 11.5 Å². The van der Waals surface area contributed by atoms with Gasteiger partial charge in [0.2, 0.25) is 6.79 Å². The number of amides is 1. The highest BCUT2D eigenvalue weighted by molar-refractivity contribution is 5.67. The molecule has 2 N–H and O–H groups in total. The molecule has 23 heavy (non-hydrogen) atoms.